The molecule has 0 saturated heterocycles. The molecule has 0 radical (unpaired) electrons. The first kappa shape index (κ1) is 10.9. The van der Waals surface area contributed by atoms with Gasteiger partial charge in [-0.05, 0) is 12.8 Å². The summed E-state index contributed by atoms with van der Waals surface area (Å²) < 4.78 is 5.15. The number of ether oxygens (including phenoxy) is 1. The summed E-state index contributed by atoms with van der Waals surface area (Å²) in [6.45, 7) is 5.92. The molecule has 2 N–H and O–H groups in total. The summed E-state index contributed by atoms with van der Waals surface area (Å²) in [4.78, 5) is 0. The number of hydrogen-bond acceptors (Lipinski definition) is 3. The van der Waals surface area contributed by atoms with E-state index >= 15 is 0 Å². The fraction of sp³-hybridized carbons (Fsp3) is 1.00. The van der Waals surface area contributed by atoms with Gasteiger partial charge in [0.15, 0.2) is 6.29 Å². The van der Waals surface area contributed by atoms with Crippen molar-refractivity contribution in [1.29, 1.82) is 0 Å². The first-order valence-corrected chi connectivity index (χ1v) is 4.02. The molecule has 0 aliphatic carbocycles. The van der Waals surface area contributed by atoms with Crippen LogP contribution in [0.2, 0.25) is 0 Å². The molecule has 0 saturated carbocycles. The van der Waals surface area contributed by atoms with Gasteiger partial charge in [0.2, 0.25) is 0 Å². The molecule has 0 amide bonds. The fourth-order valence-corrected chi connectivity index (χ4v) is 0.583. The summed E-state index contributed by atoms with van der Waals surface area (Å²) in [6.07, 6.45) is -0.495. The quantitative estimate of drug-likeness (QED) is 0.586. The van der Waals surface area contributed by atoms with E-state index in [0.29, 0.717) is 5.92 Å². The van der Waals surface area contributed by atoms with Crippen LogP contribution < -0.4 is 0 Å². The molecule has 0 bridgehead atoms. The Balaban J connectivity index is 3.48. The third-order valence-corrected chi connectivity index (χ3v) is 1.69. The number of aliphatic hydroxyl groups excluding tert-OH is 2. The van der Waals surface area contributed by atoms with Crippen molar-refractivity contribution in [2.45, 2.75) is 39.6 Å². The zero-order valence-electron chi connectivity index (χ0n) is 7.45. The van der Waals surface area contributed by atoms with Gasteiger partial charge in [0, 0.05) is 13.0 Å². The van der Waals surface area contributed by atoms with Gasteiger partial charge in [-0.15, -0.1) is 0 Å². The monoisotopic (exact) mass is 162 g/mol. The molecule has 0 rings (SSSR count). The van der Waals surface area contributed by atoms with E-state index in [4.69, 9.17) is 14.9 Å². The van der Waals surface area contributed by atoms with E-state index in [0.717, 1.165) is 0 Å². The van der Waals surface area contributed by atoms with E-state index in [9.17, 15) is 0 Å². The van der Waals surface area contributed by atoms with E-state index in [1.807, 2.05) is 20.8 Å². The van der Waals surface area contributed by atoms with Crippen LogP contribution in [-0.2, 0) is 4.74 Å². The minimum absolute atomic E-state index is 0.0357. The van der Waals surface area contributed by atoms with Crippen molar-refractivity contribution in [3.63, 3.8) is 0 Å². The minimum atomic E-state index is -0.822. The average molecular weight is 162 g/mol. The second-order valence-electron chi connectivity index (χ2n) is 3.05. The molecule has 0 aliphatic rings. The summed E-state index contributed by atoms with van der Waals surface area (Å²) >= 11 is 0. The van der Waals surface area contributed by atoms with Crippen molar-refractivity contribution in [3.05, 3.63) is 0 Å². The first-order valence-electron chi connectivity index (χ1n) is 4.02. The highest BCUT2D eigenvalue weighted by atomic mass is 16.6. The van der Waals surface area contributed by atoms with Crippen LogP contribution in [-0.4, -0.2) is 29.2 Å². The lowest BCUT2D eigenvalue weighted by molar-refractivity contribution is -0.148. The summed E-state index contributed by atoms with van der Waals surface area (Å²) in [6, 6.07) is 0. The Kier molecular flexibility index (Phi) is 5.46. The summed E-state index contributed by atoms with van der Waals surface area (Å²) in [7, 11) is 0. The molecule has 68 valence electrons. The maximum absolute atomic E-state index is 9.09. The number of hydrogen-bond donors (Lipinski definition) is 2. The predicted octanol–water partition coefficient (Wildman–Crippen LogP) is 0.748. The minimum Gasteiger partial charge on any atom is -0.396 e. The maximum atomic E-state index is 9.09. The van der Waals surface area contributed by atoms with Crippen LogP contribution in [0.5, 0.6) is 0 Å². The Bertz CT molecular complexity index is 93.3. The molecular weight excluding hydrogens is 144 g/mol. The Morgan fingerprint density at radius 1 is 1.27 bits per heavy atom. The zero-order chi connectivity index (χ0) is 8.85. The molecule has 3 nitrogen and oxygen atoms in total. The summed E-state index contributed by atoms with van der Waals surface area (Å²) in [5.74, 6) is 0.392. The third kappa shape index (κ3) is 5.18. The Labute approximate surface area is 68.0 Å². The second-order valence-corrected chi connectivity index (χ2v) is 3.05. The van der Waals surface area contributed by atoms with Crippen LogP contribution in [0.25, 0.3) is 0 Å². The van der Waals surface area contributed by atoms with Gasteiger partial charge < -0.3 is 14.9 Å². The van der Waals surface area contributed by atoms with E-state index in [-0.39, 0.29) is 19.1 Å². The fourth-order valence-electron chi connectivity index (χ4n) is 0.583. The normalized spacial score (nSPS) is 16.9. The maximum Gasteiger partial charge on any atom is 0.157 e. The van der Waals surface area contributed by atoms with Crippen molar-refractivity contribution >= 4 is 0 Å². The van der Waals surface area contributed by atoms with E-state index in [1.54, 1.807) is 0 Å². The van der Waals surface area contributed by atoms with Gasteiger partial charge in [0.25, 0.3) is 0 Å². The van der Waals surface area contributed by atoms with Crippen LogP contribution in [0, 0.1) is 5.92 Å². The smallest absolute Gasteiger partial charge is 0.157 e. The van der Waals surface area contributed by atoms with Gasteiger partial charge >= 0.3 is 0 Å². The molecular formula is C8H18O3. The van der Waals surface area contributed by atoms with Crippen LogP contribution in [0.1, 0.15) is 27.2 Å². The van der Waals surface area contributed by atoms with Crippen LogP contribution in [0.3, 0.4) is 0 Å². The van der Waals surface area contributed by atoms with E-state index in [2.05, 4.69) is 0 Å². The SMILES string of the molecule is CC(C)C(C)OC(O)CCO. The van der Waals surface area contributed by atoms with Crippen molar-refractivity contribution in [2.75, 3.05) is 6.61 Å². The molecule has 0 aromatic heterocycles. The average Bonchev–Trinajstić information content (AvgIpc) is 1.87. The molecule has 0 fully saturated rings. The standard InChI is InChI=1S/C8H18O3/c1-6(2)7(3)11-8(10)4-5-9/h6-10H,4-5H2,1-3H3. The highest BCUT2D eigenvalue weighted by Crippen LogP contribution is 2.08. The van der Waals surface area contributed by atoms with E-state index < -0.39 is 6.29 Å². The topological polar surface area (TPSA) is 49.7 Å². The summed E-state index contributed by atoms with van der Waals surface area (Å²) in [5.41, 5.74) is 0. The lowest BCUT2D eigenvalue weighted by Gasteiger charge is -2.20. The van der Waals surface area contributed by atoms with Gasteiger partial charge in [0.1, 0.15) is 0 Å². The largest absolute Gasteiger partial charge is 0.396 e. The second kappa shape index (κ2) is 5.52. The van der Waals surface area contributed by atoms with Crippen LogP contribution in [0.15, 0.2) is 0 Å². The van der Waals surface area contributed by atoms with Crippen molar-refractivity contribution < 1.29 is 14.9 Å². The number of aliphatic hydroxyl groups is 2. The van der Waals surface area contributed by atoms with Crippen LogP contribution >= 0.6 is 0 Å². The van der Waals surface area contributed by atoms with Crippen LogP contribution in [0.4, 0.5) is 0 Å². The molecule has 3 heteroatoms. The Morgan fingerprint density at radius 3 is 2.18 bits per heavy atom. The molecule has 0 spiro atoms. The molecule has 2 unspecified atom stereocenters. The van der Waals surface area contributed by atoms with Gasteiger partial charge in [-0.1, -0.05) is 13.8 Å². The van der Waals surface area contributed by atoms with Crippen molar-refractivity contribution in [1.82, 2.24) is 0 Å². The highest BCUT2D eigenvalue weighted by Gasteiger charge is 2.12. The Hall–Kier alpha value is -0.120. The molecule has 11 heavy (non-hydrogen) atoms. The molecule has 0 aliphatic heterocycles. The lowest BCUT2D eigenvalue weighted by atomic mass is 10.1. The number of rotatable bonds is 5. The third-order valence-electron chi connectivity index (χ3n) is 1.69. The van der Waals surface area contributed by atoms with Crippen molar-refractivity contribution in [2.24, 2.45) is 5.92 Å². The first-order chi connectivity index (χ1) is 5.07. The predicted molar refractivity (Wildman–Crippen MR) is 43.1 cm³/mol. The lowest BCUT2D eigenvalue weighted by Crippen LogP contribution is -2.24. The van der Waals surface area contributed by atoms with E-state index in [1.165, 1.54) is 0 Å². The molecule has 2 atom stereocenters. The molecule has 0 heterocycles. The zero-order valence-corrected chi connectivity index (χ0v) is 7.45. The molecule has 0 aromatic rings. The van der Waals surface area contributed by atoms with Gasteiger partial charge in [-0.25, -0.2) is 0 Å². The van der Waals surface area contributed by atoms with Crippen molar-refractivity contribution in [3.8, 4) is 0 Å². The van der Waals surface area contributed by atoms with Gasteiger partial charge in [0.05, 0.1) is 6.10 Å². The van der Waals surface area contributed by atoms with Gasteiger partial charge in [-0.3, -0.25) is 0 Å². The Morgan fingerprint density at radius 2 is 1.82 bits per heavy atom. The summed E-state index contributed by atoms with van der Waals surface area (Å²) in [5, 5.41) is 17.5. The highest BCUT2D eigenvalue weighted by molar-refractivity contribution is 4.55. The van der Waals surface area contributed by atoms with Gasteiger partial charge in [-0.2, -0.15) is 0 Å². The molecule has 0 aromatic carbocycles.